The van der Waals surface area contributed by atoms with E-state index in [9.17, 15) is 9.59 Å². The minimum absolute atomic E-state index is 0.0224. The molecule has 146 valence electrons. The van der Waals surface area contributed by atoms with Crippen LogP contribution in [-0.4, -0.2) is 40.5 Å². The predicted molar refractivity (Wildman–Crippen MR) is 105 cm³/mol. The molecule has 0 radical (unpaired) electrons. The van der Waals surface area contributed by atoms with Crippen LogP contribution in [0.25, 0.3) is 0 Å². The topological polar surface area (TPSA) is 52.7 Å². The molecule has 1 spiro atoms. The van der Waals surface area contributed by atoms with Crippen LogP contribution in [0.3, 0.4) is 0 Å². The highest BCUT2D eigenvalue weighted by molar-refractivity contribution is 6.07. The average molecular weight is 370 g/mol. The number of benzene rings is 1. The van der Waals surface area contributed by atoms with Gasteiger partial charge in [-0.15, -0.1) is 0 Å². The lowest BCUT2D eigenvalue weighted by molar-refractivity contribution is -0.136. The summed E-state index contributed by atoms with van der Waals surface area (Å²) in [6, 6.07) is 10.5. The minimum atomic E-state index is -0.708. The third kappa shape index (κ3) is 3.38. The molecule has 1 aromatic carbocycles. The summed E-state index contributed by atoms with van der Waals surface area (Å²) in [4.78, 5) is 29.9. The van der Waals surface area contributed by atoms with Gasteiger partial charge in [0.1, 0.15) is 5.54 Å². The number of hydrogen-bond donors (Lipinski definition) is 1. The summed E-state index contributed by atoms with van der Waals surface area (Å²) in [5.41, 5.74) is 0.626. The average Bonchev–Trinajstić information content (AvgIpc) is 3.13. The number of nitrogens with one attached hydrogen (secondary N) is 1. The Kier molecular flexibility index (Phi) is 4.53. The highest BCUT2D eigenvalue weighted by atomic mass is 16.2. The zero-order chi connectivity index (χ0) is 19.2. The van der Waals surface area contributed by atoms with Crippen LogP contribution in [0.15, 0.2) is 30.3 Å². The van der Waals surface area contributed by atoms with Gasteiger partial charge in [-0.05, 0) is 49.0 Å². The molecule has 3 aliphatic rings. The maximum absolute atomic E-state index is 13.4. The Morgan fingerprint density at radius 1 is 1.15 bits per heavy atom. The van der Waals surface area contributed by atoms with Crippen LogP contribution in [0.1, 0.15) is 64.5 Å². The lowest BCUT2D eigenvalue weighted by Crippen LogP contribution is -2.54. The number of likely N-dealkylation sites (tertiary alicyclic amines) is 1. The highest BCUT2D eigenvalue weighted by Gasteiger charge is 2.56. The van der Waals surface area contributed by atoms with E-state index >= 15 is 0 Å². The van der Waals surface area contributed by atoms with E-state index in [2.05, 4.69) is 55.3 Å². The van der Waals surface area contributed by atoms with Gasteiger partial charge in [0.25, 0.3) is 5.91 Å². The molecule has 1 aliphatic carbocycles. The third-order valence-corrected chi connectivity index (χ3v) is 6.50. The molecule has 2 aliphatic heterocycles. The highest BCUT2D eigenvalue weighted by Crippen LogP contribution is 2.46. The lowest BCUT2D eigenvalue weighted by atomic mass is 9.64. The van der Waals surface area contributed by atoms with Gasteiger partial charge in [-0.3, -0.25) is 9.69 Å². The number of nitrogens with zero attached hydrogens (tertiary/aromatic N) is 2. The molecule has 1 N–H and O–H groups in total. The Morgan fingerprint density at radius 2 is 1.89 bits per heavy atom. The van der Waals surface area contributed by atoms with E-state index in [-0.39, 0.29) is 23.4 Å². The summed E-state index contributed by atoms with van der Waals surface area (Å²) >= 11 is 0. The van der Waals surface area contributed by atoms with Crippen molar-refractivity contribution in [1.82, 2.24) is 15.1 Å². The second kappa shape index (κ2) is 6.62. The summed E-state index contributed by atoms with van der Waals surface area (Å²) in [7, 11) is 0. The number of hydrogen-bond acceptors (Lipinski definition) is 3. The first-order valence-electron chi connectivity index (χ1n) is 10.2. The van der Waals surface area contributed by atoms with Crippen LogP contribution in [-0.2, 0) is 4.79 Å². The van der Waals surface area contributed by atoms with E-state index in [1.807, 2.05) is 6.07 Å². The first-order valence-corrected chi connectivity index (χ1v) is 10.2. The second-order valence-electron chi connectivity index (χ2n) is 9.62. The van der Waals surface area contributed by atoms with Gasteiger partial charge in [-0.1, -0.05) is 51.1 Å². The van der Waals surface area contributed by atoms with Crippen LogP contribution in [0.5, 0.6) is 0 Å². The monoisotopic (exact) mass is 369 g/mol. The van der Waals surface area contributed by atoms with Crippen LogP contribution in [0, 0.1) is 11.3 Å². The fourth-order valence-electron chi connectivity index (χ4n) is 5.86. The van der Waals surface area contributed by atoms with Crippen molar-refractivity contribution in [2.45, 2.75) is 64.5 Å². The Hall–Kier alpha value is -1.88. The van der Waals surface area contributed by atoms with Gasteiger partial charge in [0.2, 0.25) is 0 Å². The Labute approximate surface area is 162 Å². The van der Waals surface area contributed by atoms with Crippen LogP contribution in [0.2, 0.25) is 0 Å². The summed E-state index contributed by atoms with van der Waals surface area (Å²) < 4.78 is 0. The standard InChI is InChI=1S/C22H31N3O2/c1-16-12-21(2,3)14-22(13-16)19(26)25(20(27)23-22)15-24-11-7-10-18(24)17-8-5-4-6-9-17/h4-6,8-9,16,18H,7,10-15H2,1-3H3,(H,23,27)/t16-,18-,22-/m1/s1. The molecule has 3 amide bonds. The quantitative estimate of drug-likeness (QED) is 0.822. The molecule has 3 atom stereocenters. The Bertz CT molecular complexity index is 732. The first kappa shape index (κ1) is 18.5. The van der Waals surface area contributed by atoms with Crippen LogP contribution >= 0.6 is 0 Å². The SMILES string of the molecule is C[C@@H]1CC(C)(C)C[C@@]2(C1)NC(=O)N(CN1CCC[C@@H]1c1ccccc1)C2=O. The maximum atomic E-state index is 13.4. The number of carbonyl (C=O) groups excluding carboxylic acids is 2. The van der Waals surface area contributed by atoms with E-state index in [0.29, 0.717) is 12.6 Å². The van der Waals surface area contributed by atoms with Crippen molar-refractivity contribution in [2.24, 2.45) is 11.3 Å². The summed E-state index contributed by atoms with van der Waals surface area (Å²) in [6.07, 6.45) is 4.74. The van der Waals surface area contributed by atoms with Gasteiger partial charge in [0.15, 0.2) is 0 Å². The van der Waals surface area contributed by atoms with Crippen molar-refractivity contribution in [3.8, 4) is 0 Å². The van der Waals surface area contributed by atoms with E-state index in [0.717, 1.165) is 38.6 Å². The number of rotatable bonds is 3. The first-order chi connectivity index (χ1) is 12.8. The molecule has 1 saturated carbocycles. The van der Waals surface area contributed by atoms with Crippen molar-refractivity contribution < 1.29 is 9.59 Å². The maximum Gasteiger partial charge on any atom is 0.326 e. The molecule has 27 heavy (non-hydrogen) atoms. The Morgan fingerprint density at radius 3 is 2.59 bits per heavy atom. The molecule has 5 heteroatoms. The van der Waals surface area contributed by atoms with Gasteiger partial charge >= 0.3 is 6.03 Å². The summed E-state index contributed by atoms with van der Waals surface area (Å²) in [6.45, 7) is 7.92. The number of carbonyl (C=O) groups is 2. The van der Waals surface area contributed by atoms with Crippen molar-refractivity contribution in [3.05, 3.63) is 35.9 Å². The van der Waals surface area contributed by atoms with Crippen molar-refractivity contribution >= 4 is 11.9 Å². The second-order valence-corrected chi connectivity index (χ2v) is 9.62. The molecule has 3 fully saturated rings. The smallest absolute Gasteiger partial charge is 0.323 e. The molecular formula is C22H31N3O2. The van der Waals surface area contributed by atoms with Crippen LogP contribution in [0.4, 0.5) is 4.79 Å². The van der Waals surface area contributed by atoms with E-state index in [1.54, 1.807) is 0 Å². The van der Waals surface area contributed by atoms with Crippen molar-refractivity contribution in [2.75, 3.05) is 13.2 Å². The van der Waals surface area contributed by atoms with Gasteiger partial charge in [0, 0.05) is 12.6 Å². The van der Waals surface area contributed by atoms with Gasteiger partial charge < -0.3 is 5.32 Å². The lowest BCUT2D eigenvalue weighted by Gasteiger charge is -2.44. The normalized spacial score (nSPS) is 33.7. The van der Waals surface area contributed by atoms with Crippen LogP contribution < -0.4 is 5.32 Å². The molecule has 0 unspecified atom stereocenters. The molecule has 0 aromatic heterocycles. The number of amides is 3. The van der Waals surface area contributed by atoms with E-state index < -0.39 is 5.54 Å². The molecule has 4 rings (SSSR count). The zero-order valence-corrected chi connectivity index (χ0v) is 16.7. The van der Waals surface area contributed by atoms with E-state index in [1.165, 1.54) is 10.5 Å². The fraction of sp³-hybridized carbons (Fsp3) is 0.636. The van der Waals surface area contributed by atoms with E-state index in [4.69, 9.17) is 0 Å². The third-order valence-electron chi connectivity index (χ3n) is 6.50. The summed E-state index contributed by atoms with van der Waals surface area (Å²) in [5, 5.41) is 3.09. The largest absolute Gasteiger partial charge is 0.326 e. The summed E-state index contributed by atoms with van der Waals surface area (Å²) in [5.74, 6) is 0.410. The Balaban J connectivity index is 1.53. The van der Waals surface area contributed by atoms with Gasteiger partial charge in [-0.25, -0.2) is 9.69 Å². The molecule has 2 saturated heterocycles. The minimum Gasteiger partial charge on any atom is -0.323 e. The number of imide groups is 1. The number of urea groups is 1. The van der Waals surface area contributed by atoms with Crippen molar-refractivity contribution in [3.63, 3.8) is 0 Å². The molecular weight excluding hydrogens is 338 g/mol. The molecule has 0 bridgehead atoms. The van der Waals surface area contributed by atoms with Crippen molar-refractivity contribution in [1.29, 1.82) is 0 Å². The zero-order valence-electron chi connectivity index (χ0n) is 16.7. The molecule has 2 heterocycles. The van der Waals surface area contributed by atoms with Gasteiger partial charge in [0.05, 0.1) is 6.67 Å². The fourth-order valence-corrected chi connectivity index (χ4v) is 5.86. The molecule has 5 nitrogen and oxygen atoms in total. The molecule has 1 aromatic rings. The predicted octanol–water partition coefficient (Wildman–Crippen LogP) is 3.92. The van der Waals surface area contributed by atoms with Gasteiger partial charge in [-0.2, -0.15) is 0 Å².